The first-order valence-electron chi connectivity index (χ1n) is 4.82. The van der Waals surface area contributed by atoms with Gasteiger partial charge in [-0.3, -0.25) is 0 Å². The van der Waals surface area contributed by atoms with Crippen LogP contribution >= 0.6 is 0 Å². The molecule has 0 aliphatic rings. The van der Waals surface area contributed by atoms with Gasteiger partial charge in [-0.05, 0) is 12.1 Å². The molecule has 0 atom stereocenters. The fourth-order valence-electron chi connectivity index (χ4n) is 1.61. The van der Waals surface area contributed by atoms with Crippen molar-refractivity contribution < 1.29 is 9.53 Å². The van der Waals surface area contributed by atoms with E-state index in [0.717, 1.165) is 16.9 Å². The Hall–Kier alpha value is -1.84. The van der Waals surface area contributed by atoms with Gasteiger partial charge in [0.1, 0.15) is 5.82 Å². The molecule has 15 heavy (non-hydrogen) atoms. The van der Waals surface area contributed by atoms with E-state index in [1.54, 1.807) is 0 Å². The number of para-hydroxylation sites is 2. The van der Waals surface area contributed by atoms with Crippen molar-refractivity contribution in [1.82, 2.24) is 9.55 Å². The monoisotopic (exact) mass is 204 g/mol. The molecule has 0 aliphatic carbocycles. The molecule has 2 rings (SSSR count). The molecule has 4 heteroatoms. The summed E-state index contributed by atoms with van der Waals surface area (Å²) in [7, 11) is 1.37. The molecule has 4 nitrogen and oxygen atoms in total. The maximum Gasteiger partial charge on any atom is 0.419 e. The minimum Gasteiger partial charge on any atom is -0.452 e. The number of fused-ring (bicyclic) bond motifs is 1. The summed E-state index contributed by atoms with van der Waals surface area (Å²) in [5.41, 5.74) is 1.61. The van der Waals surface area contributed by atoms with E-state index in [2.05, 4.69) is 4.98 Å². The van der Waals surface area contributed by atoms with Crippen molar-refractivity contribution in [2.45, 2.75) is 13.3 Å². The first-order chi connectivity index (χ1) is 7.27. The number of nitrogens with zero attached hydrogens (tertiary/aromatic N) is 2. The molecule has 0 N–H and O–H groups in total. The fourth-order valence-corrected chi connectivity index (χ4v) is 1.61. The van der Waals surface area contributed by atoms with Crippen molar-refractivity contribution in [2.24, 2.45) is 0 Å². The zero-order valence-electron chi connectivity index (χ0n) is 8.73. The number of rotatable bonds is 1. The Labute approximate surface area is 87.5 Å². The van der Waals surface area contributed by atoms with Gasteiger partial charge in [0.2, 0.25) is 0 Å². The van der Waals surface area contributed by atoms with Gasteiger partial charge >= 0.3 is 6.09 Å². The highest BCUT2D eigenvalue weighted by atomic mass is 16.5. The minimum atomic E-state index is -0.388. The Kier molecular flexibility index (Phi) is 2.41. The number of imidazole rings is 1. The summed E-state index contributed by atoms with van der Waals surface area (Å²) in [6.07, 6.45) is 0.310. The molecule has 0 saturated carbocycles. The van der Waals surface area contributed by atoms with Crippen LogP contribution in [-0.2, 0) is 11.2 Å². The van der Waals surface area contributed by atoms with Gasteiger partial charge in [-0.25, -0.2) is 14.3 Å². The van der Waals surface area contributed by atoms with Crippen molar-refractivity contribution in [3.05, 3.63) is 30.1 Å². The number of carbonyl (C=O) groups excluding carboxylic acids is 1. The highest BCUT2D eigenvalue weighted by molar-refractivity contribution is 5.87. The highest BCUT2D eigenvalue weighted by Crippen LogP contribution is 2.16. The molecule has 1 aromatic heterocycles. The molecule has 0 fully saturated rings. The first kappa shape index (κ1) is 9.71. The molecule has 1 heterocycles. The van der Waals surface area contributed by atoms with Crippen molar-refractivity contribution >= 4 is 17.1 Å². The van der Waals surface area contributed by atoms with Gasteiger partial charge in [0.05, 0.1) is 18.1 Å². The lowest BCUT2D eigenvalue weighted by molar-refractivity contribution is 0.173. The van der Waals surface area contributed by atoms with Gasteiger partial charge < -0.3 is 4.74 Å². The van der Waals surface area contributed by atoms with Gasteiger partial charge in [0.15, 0.2) is 0 Å². The molecule has 0 spiro atoms. The van der Waals surface area contributed by atoms with Crippen LogP contribution in [0.15, 0.2) is 24.3 Å². The SMILES string of the molecule is CCc1nc2ccccc2n1C(=O)OC. The minimum absolute atomic E-state index is 0.388. The number of aryl methyl sites for hydroxylation is 1. The van der Waals surface area contributed by atoms with E-state index in [4.69, 9.17) is 4.74 Å². The number of benzene rings is 1. The van der Waals surface area contributed by atoms with E-state index >= 15 is 0 Å². The topological polar surface area (TPSA) is 44.1 Å². The maximum absolute atomic E-state index is 11.6. The second-order valence-corrected chi connectivity index (χ2v) is 3.18. The summed E-state index contributed by atoms with van der Waals surface area (Å²) in [6, 6.07) is 7.52. The molecule has 78 valence electrons. The number of methoxy groups -OCH3 is 1. The van der Waals surface area contributed by atoms with Crippen molar-refractivity contribution in [3.8, 4) is 0 Å². The Balaban J connectivity index is 2.72. The van der Waals surface area contributed by atoms with Gasteiger partial charge in [-0.1, -0.05) is 19.1 Å². The summed E-state index contributed by atoms with van der Waals surface area (Å²) in [5.74, 6) is 0.725. The van der Waals surface area contributed by atoms with E-state index in [0.29, 0.717) is 6.42 Å². The van der Waals surface area contributed by atoms with E-state index in [1.807, 2.05) is 31.2 Å². The quantitative estimate of drug-likeness (QED) is 0.715. The molecule has 0 saturated heterocycles. The van der Waals surface area contributed by atoms with Crippen LogP contribution in [0.5, 0.6) is 0 Å². The number of ether oxygens (including phenoxy) is 1. The average molecular weight is 204 g/mol. The molecule has 0 amide bonds. The zero-order valence-corrected chi connectivity index (χ0v) is 8.73. The predicted octanol–water partition coefficient (Wildman–Crippen LogP) is 2.21. The normalized spacial score (nSPS) is 10.5. The number of hydrogen-bond acceptors (Lipinski definition) is 3. The Morgan fingerprint density at radius 1 is 1.47 bits per heavy atom. The molecule has 2 aromatic rings. The van der Waals surface area contributed by atoms with E-state index in [1.165, 1.54) is 11.7 Å². The molecule has 1 aromatic carbocycles. The second-order valence-electron chi connectivity index (χ2n) is 3.18. The lowest BCUT2D eigenvalue weighted by Gasteiger charge is -2.03. The van der Waals surface area contributed by atoms with Crippen LogP contribution in [0.1, 0.15) is 12.7 Å². The van der Waals surface area contributed by atoms with Gasteiger partial charge in [-0.15, -0.1) is 0 Å². The standard InChI is InChI=1S/C11H12N2O2/c1-3-10-12-8-6-4-5-7-9(8)13(10)11(14)15-2/h4-7H,3H2,1-2H3. The largest absolute Gasteiger partial charge is 0.452 e. The van der Waals surface area contributed by atoms with Gasteiger partial charge in [-0.2, -0.15) is 0 Å². The van der Waals surface area contributed by atoms with Crippen LogP contribution in [0, 0.1) is 0 Å². The Morgan fingerprint density at radius 2 is 2.20 bits per heavy atom. The fraction of sp³-hybridized carbons (Fsp3) is 0.273. The van der Waals surface area contributed by atoms with Crippen LogP contribution in [0.25, 0.3) is 11.0 Å². The highest BCUT2D eigenvalue weighted by Gasteiger charge is 2.14. The van der Waals surface area contributed by atoms with Crippen molar-refractivity contribution in [1.29, 1.82) is 0 Å². The van der Waals surface area contributed by atoms with E-state index in [9.17, 15) is 4.79 Å². The molecule has 0 unspecified atom stereocenters. The first-order valence-corrected chi connectivity index (χ1v) is 4.82. The third kappa shape index (κ3) is 1.48. The predicted molar refractivity (Wildman–Crippen MR) is 56.9 cm³/mol. The van der Waals surface area contributed by atoms with E-state index < -0.39 is 0 Å². The van der Waals surface area contributed by atoms with Crippen molar-refractivity contribution in [3.63, 3.8) is 0 Å². The molecular formula is C11H12N2O2. The molecule has 0 aliphatic heterocycles. The summed E-state index contributed by atoms with van der Waals surface area (Å²) >= 11 is 0. The Morgan fingerprint density at radius 3 is 2.87 bits per heavy atom. The maximum atomic E-state index is 11.6. The van der Waals surface area contributed by atoms with Crippen LogP contribution in [-0.4, -0.2) is 22.8 Å². The third-order valence-electron chi connectivity index (χ3n) is 2.30. The lowest BCUT2D eigenvalue weighted by atomic mass is 10.3. The van der Waals surface area contributed by atoms with Crippen LogP contribution in [0.3, 0.4) is 0 Å². The summed E-state index contributed by atoms with van der Waals surface area (Å²) in [5, 5.41) is 0. The zero-order chi connectivity index (χ0) is 10.8. The number of hydrogen-bond donors (Lipinski definition) is 0. The third-order valence-corrected chi connectivity index (χ3v) is 2.30. The van der Waals surface area contributed by atoms with E-state index in [-0.39, 0.29) is 6.09 Å². The van der Waals surface area contributed by atoms with Gasteiger partial charge in [0.25, 0.3) is 0 Å². The van der Waals surface area contributed by atoms with Gasteiger partial charge in [0, 0.05) is 6.42 Å². The van der Waals surface area contributed by atoms with Crippen LogP contribution < -0.4 is 0 Å². The van der Waals surface area contributed by atoms with Crippen LogP contribution in [0.4, 0.5) is 4.79 Å². The summed E-state index contributed by atoms with van der Waals surface area (Å²) < 4.78 is 6.24. The smallest absolute Gasteiger partial charge is 0.419 e. The van der Waals surface area contributed by atoms with Crippen molar-refractivity contribution in [2.75, 3.05) is 7.11 Å². The summed E-state index contributed by atoms with van der Waals surface area (Å²) in [6.45, 7) is 1.96. The molecular weight excluding hydrogens is 192 g/mol. The molecule has 0 bridgehead atoms. The van der Waals surface area contributed by atoms with Crippen LogP contribution in [0.2, 0.25) is 0 Å². The average Bonchev–Trinajstić information content (AvgIpc) is 2.66. The Bertz CT molecular complexity index is 502. The lowest BCUT2D eigenvalue weighted by Crippen LogP contribution is -2.14. The number of aromatic nitrogens is 2. The second kappa shape index (κ2) is 3.73. The summed E-state index contributed by atoms with van der Waals surface area (Å²) in [4.78, 5) is 15.9. The molecule has 0 radical (unpaired) electrons. The number of carbonyl (C=O) groups is 1.